The Morgan fingerprint density at radius 2 is 0.828 bits per heavy atom. The van der Waals surface area contributed by atoms with Gasteiger partial charge in [-0.15, -0.1) is 0 Å². The van der Waals surface area contributed by atoms with Crippen LogP contribution in [-0.4, -0.2) is 130 Å². The van der Waals surface area contributed by atoms with Crippen molar-refractivity contribution in [3.05, 3.63) is 48.6 Å². The first-order valence-corrected chi connectivity index (χ1v) is 26.8. The van der Waals surface area contributed by atoms with E-state index in [-0.39, 0.29) is 12.7 Å². The highest BCUT2D eigenvalue weighted by Gasteiger charge is 2.17. The number of hydrogen-bond donors (Lipinski definition) is 1. The SMILES string of the molecule is CC(C)N(CCO)CCN(C)C.CCCCC/C=C\C/C=C\CCCCCCCCC(CCCCCCCC/C=C\C/C=C\CCCCC)OC(=O)OCCN(CCN(C)C)C(C)C. The minimum absolute atomic E-state index is 0.0286. The summed E-state index contributed by atoms with van der Waals surface area (Å²) in [7, 11) is 8.32. The largest absolute Gasteiger partial charge is 0.508 e. The molecule has 0 aliphatic heterocycles. The second-order valence-corrected chi connectivity index (χ2v) is 19.2. The van der Waals surface area contributed by atoms with E-state index in [2.05, 4.69) is 138 Å². The highest BCUT2D eigenvalue weighted by Crippen LogP contribution is 2.18. The van der Waals surface area contributed by atoms with Gasteiger partial charge in [0.15, 0.2) is 0 Å². The molecule has 0 unspecified atom stereocenters. The van der Waals surface area contributed by atoms with Crippen LogP contribution in [0.3, 0.4) is 0 Å². The van der Waals surface area contributed by atoms with Gasteiger partial charge in [-0.2, -0.15) is 0 Å². The molecule has 0 rings (SSSR count). The summed E-state index contributed by atoms with van der Waals surface area (Å²) < 4.78 is 11.5. The van der Waals surface area contributed by atoms with Crippen molar-refractivity contribution in [2.75, 3.05) is 80.7 Å². The van der Waals surface area contributed by atoms with Gasteiger partial charge in [0, 0.05) is 51.4 Å². The third-order valence-corrected chi connectivity index (χ3v) is 11.8. The smallest absolute Gasteiger partial charge is 0.433 e. The number of nitrogens with zero attached hydrogens (tertiary/aromatic N) is 4. The van der Waals surface area contributed by atoms with E-state index in [0.717, 1.165) is 77.8 Å². The average molecular weight is 904 g/mol. The van der Waals surface area contributed by atoms with Crippen LogP contribution in [0.2, 0.25) is 0 Å². The van der Waals surface area contributed by atoms with Crippen molar-refractivity contribution in [1.29, 1.82) is 0 Å². The number of aliphatic hydroxyl groups excluding tert-OH is 1. The maximum absolute atomic E-state index is 12.7. The first kappa shape index (κ1) is 64.1. The van der Waals surface area contributed by atoms with E-state index in [9.17, 15) is 4.79 Å². The summed E-state index contributed by atoms with van der Waals surface area (Å²) in [6.07, 6.45) is 49.9. The van der Waals surface area contributed by atoms with Gasteiger partial charge in [0.25, 0.3) is 0 Å². The van der Waals surface area contributed by atoms with E-state index in [1.54, 1.807) is 0 Å². The molecule has 0 fully saturated rings. The zero-order valence-corrected chi connectivity index (χ0v) is 44.4. The Morgan fingerprint density at radius 1 is 0.469 bits per heavy atom. The number of unbranched alkanes of at least 4 members (excludes halogenated alkanes) is 18. The van der Waals surface area contributed by atoms with Crippen molar-refractivity contribution in [2.45, 2.75) is 227 Å². The standard InChI is InChI=1S/C47H88N2O3.C9H22N2O/c1-7-9-11-13-15-17-19-21-23-25-27-29-31-33-35-37-39-46(52-47(50)51-44-43-49(45(3)4)42-41-48(5)6)40-38-36-34-32-30-28-26-24-22-20-18-16-14-12-10-8-2;1-9(2)11(7-8-12)6-5-10(3)4/h15-18,21-24,45-46H,7-14,19-20,25-44H2,1-6H3;9,12H,5-8H2,1-4H3/b17-15-,18-16-,23-21-,24-22-;. The lowest BCUT2D eigenvalue weighted by Gasteiger charge is -2.27. The van der Waals surface area contributed by atoms with Gasteiger partial charge in [-0.3, -0.25) is 9.80 Å². The van der Waals surface area contributed by atoms with Crippen LogP contribution in [0.4, 0.5) is 4.79 Å². The van der Waals surface area contributed by atoms with Gasteiger partial charge in [-0.1, -0.05) is 140 Å². The summed E-state index contributed by atoms with van der Waals surface area (Å²) in [5, 5.41) is 8.80. The maximum atomic E-state index is 12.7. The molecule has 64 heavy (non-hydrogen) atoms. The fraction of sp³-hybridized carbons (Fsp3) is 0.839. The number of rotatable bonds is 44. The van der Waals surface area contributed by atoms with Crippen molar-refractivity contribution in [3.8, 4) is 0 Å². The minimum atomic E-state index is -0.485. The summed E-state index contributed by atoms with van der Waals surface area (Å²) in [5.74, 6) is 0. The number of aliphatic hydroxyl groups is 1. The summed E-state index contributed by atoms with van der Waals surface area (Å²) in [6, 6.07) is 0.942. The molecule has 0 aliphatic carbocycles. The Morgan fingerprint density at radius 3 is 1.19 bits per heavy atom. The fourth-order valence-corrected chi connectivity index (χ4v) is 7.44. The van der Waals surface area contributed by atoms with E-state index in [0.29, 0.717) is 18.7 Å². The van der Waals surface area contributed by atoms with E-state index in [1.807, 2.05) is 0 Å². The molecule has 0 saturated carbocycles. The molecule has 0 aromatic carbocycles. The molecule has 0 bridgehead atoms. The topological polar surface area (TPSA) is 68.7 Å². The molecule has 378 valence electrons. The molecule has 1 N–H and O–H groups in total. The zero-order valence-electron chi connectivity index (χ0n) is 44.4. The van der Waals surface area contributed by atoms with Gasteiger partial charge in [0.05, 0.1) is 6.61 Å². The van der Waals surface area contributed by atoms with Crippen molar-refractivity contribution < 1.29 is 19.4 Å². The minimum Gasteiger partial charge on any atom is -0.433 e. The number of allylic oxidation sites excluding steroid dienone is 8. The molecule has 0 aromatic rings. The van der Waals surface area contributed by atoms with Crippen LogP contribution in [0.15, 0.2) is 48.6 Å². The molecule has 0 atom stereocenters. The molecule has 0 saturated heterocycles. The van der Waals surface area contributed by atoms with E-state index < -0.39 is 6.16 Å². The lowest BCUT2D eigenvalue weighted by Crippen LogP contribution is -2.39. The first-order valence-electron chi connectivity index (χ1n) is 26.8. The Bertz CT molecular complexity index is 1030. The molecule has 8 heteroatoms. The van der Waals surface area contributed by atoms with Crippen LogP contribution in [0.5, 0.6) is 0 Å². The van der Waals surface area contributed by atoms with Crippen LogP contribution >= 0.6 is 0 Å². The number of hydrogen-bond acceptors (Lipinski definition) is 8. The van der Waals surface area contributed by atoms with Crippen LogP contribution in [0, 0.1) is 0 Å². The van der Waals surface area contributed by atoms with E-state index in [4.69, 9.17) is 14.6 Å². The highest BCUT2D eigenvalue weighted by molar-refractivity contribution is 5.60. The Balaban J connectivity index is 0. The number of carbonyl (C=O) groups is 1. The summed E-state index contributed by atoms with van der Waals surface area (Å²) in [6.45, 7) is 19.4. The van der Waals surface area contributed by atoms with E-state index >= 15 is 0 Å². The zero-order chi connectivity index (χ0) is 47.7. The highest BCUT2D eigenvalue weighted by atomic mass is 16.7. The third kappa shape index (κ3) is 49.5. The summed E-state index contributed by atoms with van der Waals surface area (Å²) in [4.78, 5) is 21.7. The quantitative estimate of drug-likeness (QED) is 0.0368. The Kier molecular flexibility index (Phi) is 50.5. The van der Waals surface area contributed by atoms with Crippen LogP contribution in [0.25, 0.3) is 0 Å². The second kappa shape index (κ2) is 50.4. The normalized spacial score (nSPS) is 12.4. The van der Waals surface area contributed by atoms with Crippen molar-refractivity contribution in [3.63, 3.8) is 0 Å². The van der Waals surface area contributed by atoms with Crippen molar-refractivity contribution in [1.82, 2.24) is 19.6 Å². The molecular weight excluding hydrogens is 793 g/mol. The fourth-order valence-electron chi connectivity index (χ4n) is 7.44. The van der Waals surface area contributed by atoms with Gasteiger partial charge in [-0.25, -0.2) is 4.79 Å². The predicted octanol–water partition coefficient (Wildman–Crippen LogP) is 14.4. The lowest BCUT2D eigenvalue weighted by atomic mass is 10.0. The molecule has 0 aliphatic rings. The monoisotopic (exact) mass is 903 g/mol. The lowest BCUT2D eigenvalue weighted by molar-refractivity contribution is 0.0101. The van der Waals surface area contributed by atoms with Gasteiger partial charge in [0.1, 0.15) is 12.7 Å². The maximum Gasteiger partial charge on any atom is 0.508 e. The molecule has 0 spiro atoms. The number of ether oxygens (including phenoxy) is 2. The summed E-state index contributed by atoms with van der Waals surface area (Å²) >= 11 is 0. The summed E-state index contributed by atoms with van der Waals surface area (Å²) in [5.41, 5.74) is 0. The van der Waals surface area contributed by atoms with E-state index in [1.165, 1.54) is 128 Å². The predicted molar refractivity (Wildman–Crippen MR) is 282 cm³/mol. The second-order valence-electron chi connectivity index (χ2n) is 19.2. The van der Waals surface area contributed by atoms with Gasteiger partial charge in [0.2, 0.25) is 0 Å². The molecule has 8 nitrogen and oxygen atoms in total. The third-order valence-electron chi connectivity index (χ3n) is 11.8. The van der Waals surface area contributed by atoms with Crippen LogP contribution in [-0.2, 0) is 9.47 Å². The first-order chi connectivity index (χ1) is 31.0. The van der Waals surface area contributed by atoms with Crippen molar-refractivity contribution in [2.24, 2.45) is 0 Å². The molecule has 0 heterocycles. The number of likely N-dealkylation sites (N-methyl/N-ethyl adjacent to an activating group) is 2. The Hall–Kier alpha value is -1.97. The number of carbonyl (C=O) groups excluding carboxylic acids is 1. The van der Waals surface area contributed by atoms with Gasteiger partial charge >= 0.3 is 6.16 Å². The molecule has 0 aromatic heterocycles. The Labute approximate surface area is 399 Å². The average Bonchev–Trinajstić information content (AvgIpc) is 3.25. The van der Waals surface area contributed by atoms with Crippen molar-refractivity contribution >= 4 is 6.16 Å². The molecule has 0 amide bonds. The van der Waals surface area contributed by atoms with Crippen LogP contribution < -0.4 is 0 Å². The molecular formula is C56H110N4O4. The molecule has 0 radical (unpaired) electrons. The van der Waals surface area contributed by atoms with Gasteiger partial charge < -0.3 is 24.4 Å². The van der Waals surface area contributed by atoms with Crippen LogP contribution in [0.1, 0.15) is 208 Å². The van der Waals surface area contributed by atoms with Gasteiger partial charge in [-0.05, 0) is 146 Å².